The second-order valence-corrected chi connectivity index (χ2v) is 25.2. The standard InChI is InChI=1S/2C20H24F5N5.C20H25F4N5O/c2*1-9(2)30-16(18-12-4-11(5-13(12)18)27-8-17(21)22)6-15(29-30)10-3-14(20(23,24)25)19(26)28-7-10;1-9(2)29-15(18-12-4-11(5-13(12)18)26-8-17(21)22)6-14(28-29)10-3-16(30-20(23)24)19(25)27-7-10/h2*3,6-7,9,11-13,17-18,27H,4-5,8H2,1-2H3,(H2,26,28);3,6-7,9,11-13,17-18,20,26H,4-5,8H2,1-2H3,(H2,25,27)/t3*11?,12-,13+,18?. The minimum atomic E-state index is -4.59. The van der Waals surface area contributed by atoms with Gasteiger partial charge in [-0.05, 0) is 152 Å². The summed E-state index contributed by atoms with van der Waals surface area (Å²) in [6, 6.07) is 9.51. The van der Waals surface area contributed by atoms with Crippen LogP contribution in [0, 0.1) is 35.5 Å². The molecule has 6 aliphatic carbocycles. The number of nitrogens with one attached hydrogen (secondary N) is 3. The predicted octanol–water partition coefficient (Wildman–Crippen LogP) is 13.0. The number of aromatic nitrogens is 9. The van der Waals surface area contributed by atoms with Crippen molar-refractivity contribution in [2.75, 3.05) is 36.8 Å². The number of hydrogen-bond donors (Lipinski definition) is 6. The fourth-order valence-corrected chi connectivity index (χ4v) is 14.2. The van der Waals surface area contributed by atoms with Crippen molar-refractivity contribution in [2.24, 2.45) is 35.5 Å². The largest absolute Gasteiger partial charge is 0.431 e. The average Bonchev–Trinajstić information content (AvgIpc) is 1.58. The molecule has 6 aliphatic rings. The summed E-state index contributed by atoms with van der Waals surface area (Å²) >= 11 is 0. The lowest BCUT2D eigenvalue weighted by atomic mass is 10.0. The van der Waals surface area contributed by atoms with Gasteiger partial charge in [-0.3, -0.25) is 14.0 Å². The number of nitrogens with zero attached hydrogens (tertiary/aromatic N) is 9. The van der Waals surface area contributed by atoms with Crippen LogP contribution >= 0.6 is 0 Å². The SMILES string of the molecule is CC(C)n1nc(-c2cnc(N)c(C(F)(F)F)c2)cc1C1[C@H]2CC(NCC(F)F)C[C@@H]12.CC(C)n1nc(-c2cnc(N)c(C(F)(F)F)c2)cc1C1[C@H]2CC(NCC(F)F)C[C@@H]12.CC(C)n1nc(-c2cnc(N)c(OC(F)F)c2)cc1C1[C@H]2CC(NCC(F)F)C[C@@H]12. The van der Waals surface area contributed by atoms with E-state index in [1.165, 1.54) is 24.7 Å². The van der Waals surface area contributed by atoms with Crippen LogP contribution in [0.25, 0.3) is 33.8 Å². The molecule has 6 saturated carbocycles. The van der Waals surface area contributed by atoms with Gasteiger partial charge in [0.05, 0.1) is 47.8 Å². The van der Waals surface area contributed by atoms with Crippen LogP contribution in [0.15, 0.2) is 55.0 Å². The van der Waals surface area contributed by atoms with Crippen LogP contribution in [-0.4, -0.2) is 108 Å². The molecule has 0 amide bonds. The lowest BCUT2D eigenvalue weighted by Crippen LogP contribution is -2.32. The van der Waals surface area contributed by atoms with E-state index in [1.54, 1.807) is 0 Å². The van der Waals surface area contributed by atoms with Crippen LogP contribution in [0.4, 0.5) is 78.9 Å². The molecule has 0 saturated heterocycles. The number of fused-ring (bicyclic) bond motifs is 3. The highest BCUT2D eigenvalue weighted by Gasteiger charge is 2.60. The lowest BCUT2D eigenvalue weighted by Gasteiger charge is -2.17. The topological polar surface area (TPSA) is 216 Å². The summed E-state index contributed by atoms with van der Waals surface area (Å²) in [5.74, 6) is 1.86. The van der Waals surface area contributed by atoms with E-state index < -0.39 is 61.0 Å². The van der Waals surface area contributed by atoms with E-state index in [9.17, 15) is 61.5 Å². The normalized spacial score (nSPS) is 25.7. The van der Waals surface area contributed by atoms with Gasteiger partial charge in [0.15, 0.2) is 11.6 Å². The van der Waals surface area contributed by atoms with E-state index in [2.05, 4.69) is 50.9 Å². The summed E-state index contributed by atoms with van der Waals surface area (Å²) in [5.41, 5.74) is 20.1. The molecule has 0 radical (unpaired) electrons. The zero-order valence-electron chi connectivity index (χ0n) is 50.0. The quantitative estimate of drug-likeness (QED) is 0.0393. The van der Waals surface area contributed by atoms with Gasteiger partial charge in [0.1, 0.15) is 11.6 Å². The van der Waals surface area contributed by atoms with Crippen LogP contribution < -0.4 is 37.9 Å². The molecular formula is C60H73F14N15O. The zero-order valence-corrected chi connectivity index (χ0v) is 50.0. The van der Waals surface area contributed by atoms with Crippen molar-refractivity contribution in [1.82, 2.24) is 60.2 Å². The van der Waals surface area contributed by atoms with Crippen molar-refractivity contribution in [3.05, 3.63) is 83.2 Å². The van der Waals surface area contributed by atoms with Crippen LogP contribution in [0.2, 0.25) is 0 Å². The summed E-state index contributed by atoms with van der Waals surface area (Å²) in [4.78, 5) is 11.4. The van der Waals surface area contributed by atoms with Crippen molar-refractivity contribution < 1.29 is 66.2 Å². The van der Waals surface area contributed by atoms with E-state index in [0.29, 0.717) is 64.1 Å². The molecule has 0 aliphatic heterocycles. The molecule has 6 aromatic rings. The van der Waals surface area contributed by atoms with Gasteiger partial charge in [0.25, 0.3) is 19.3 Å². The third-order valence-corrected chi connectivity index (χ3v) is 18.2. The van der Waals surface area contributed by atoms with Gasteiger partial charge in [-0.1, -0.05) is 0 Å². The molecule has 9 N–H and O–H groups in total. The van der Waals surface area contributed by atoms with Gasteiger partial charge in [-0.25, -0.2) is 41.3 Å². The van der Waals surface area contributed by atoms with Crippen molar-refractivity contribution >= 4 is 17.5 Å². The van der Waals surface area contributed by atoms with E-state index in [-0.39, 0.29) is 90.4 Å². The average molecular weight is 1290 g/mol. The van der Waals surface area contributed by atoms with Crippen molar-refractivity contribution in [3.8, 4) is 39.5 Å². The number of rotatable bonds is 20. The van der Waals surface area contributed by atoms with Gasteiger partial charge in [0, 0.05) is 106 Å². The fraction of sp³-hybridized carbons (Fsp3) is 0.600. The maximum absolute atomic E-state index is 13.2. The minimum absolute atomic E-state index is 0.0339. The van der Waals surface area contributed by atoms with E-state index >= 15 is 0 Å². The summed E-state index contributed by atoms with van der Waals surface area (Å²) < 4.78 is 189. The Morgan fingerprint density at radius 3 is 0.978 bits per heavy atom. The Balaban J connectivity index is 0.000000148. The zero-order chi connectivity index (χ0) is 65.2. The molecule has 6 unspecified atom stereocenters. The second-order valence-electron chi connectivity index (χ2n) is 25.2. The Labute approximate surface area is 509 Å². The molecule has 6 fully saturated rings. The van der Waals surface area contributed by atoms with Crippen LogP contribution in [0.5, 0.6) is 5.75 Å². The summed E-state index contributed by atoms with van der Waals surface area (Å²) in [6.07, 6.45) is -7.12. The molecule has 0 bridgehead atoms. The van der Waals surface area contributed by atoms with E-state index in [1.807, 2.05) is 73.8 Å². The number of hydrogen-bond acceptors (Lipinski definition) is 13. The van der Waals surface area contributed by atoms with Gasteiger partial charge in [-0.15, -0.1) is 0 Å². The first-order chi connectivity index (χ1) is 42.4. The Bertz CT molecular complexity index is 3270. The molecule has 12 atom stereocenters. The maximum Gasteiger partial charge on any atom is 0.419 e. The van der Waals surface area contributed by atoms with Gasteiger partial charge < -0.3 is 37.9 Å². The Hall–Kier alpha value is -6.82. The number of alkyl halides is 14. The smallest absolute Gasteiger partial charge is 0.419 e. The number of nitrogen functional groups attached to an aromatic ring is 3. The van der Waals surface area contributed by atoms with Crippen molar-refractivity contribution in [1.29, 1.82) is 0 Å². The van der Waals surface area contributed by atoms with E-state index in [4.69, 9.17) is 17.2 Å². The Kier molecular flexibility index (Phi) is 19.1. The molecule has 30 heteroatoms. The summed E-state index contributed by atoms with van der Waals surface area (Å²) in [5, 5.41) is 22.5. The molecule has 16 nitrogen and oxygen atoms in total. The number of halogens is 14. The molecule has 6 aromatic heterocycles. The van der Waals surface area contributed by atoms with Gasteiger partial charge in [0.2, 0.25) is 0 Å². The molecule has 492 valence electrons. The first-order valence-electron chi connectivity index (χ1n) is 30.1. The van der Waals surface area contributed by atoms with Gasteiger partial charge in [-0.2, -0.15) is 50.4 Å². The third-order valence-electron chi connectivity index (χ3n) is 18.2. The number of nitrogens with two attached hydrogens (primary N) is 3. The molecule has 90 heavy (non-hydrogen) atoms. The molecular weight excluding hydrogens is 1210 g/mol. The van der Waals surface area contributed by atoms with Crippen LogP contribution in [0.1, 0.15) is 144 Å². The van der Waals surface area contributed by atoms with Crippen molar-refractivity contribution in [2.45, 2.75) is 172 Å². The Morgan fingerprint density at radius 1 is 0.444 bits per heavy atom. The fourth-order valence-electron chi connectivity index (χ4n) is 14.2. The van der Waals surface area contributed by atoms with Gasteiger partial charge >= 0.3 is 19.0 Å². The maximum atomic E-state index is 13.2. The van der Waals surface area contributed by atoms with Crippen molar-refractivity contribution in [3.63, 3.8) is 0 Å². The highest BCUT2D eigenvalue weighted by atomic mass is 19.4. The van der Waals surface area contributed by atoms with Crippen LogP contribution in [-0.2, 0) is 12.4 Å². The Morgan fingerprint density at radius 2 is 0.722 bits per heavy atom. The summed E-state index contributed by atoms with van der Waals surface area (Å²) in [6.45, 7) is 8.06. The predicted molar refractivity (Wildman–Crippen MR) is 308 cm³/mol. The highest BCUT2D eigenvalue weighted by molar-refractivity contribution is 5.66. The molecule has 6 heterocycles. The molecule has 0 aromatic carbocycles. The lowest BCUT2D eigenvalue weighted by molar-refractivity contribution is -0.137. The third kappa shape index (κ3) is 14.6. The first kappa shape index (κ1) is 66.1. The van der Waals surface area contributed by atoms with Crippen LogP contribution in [0.3, 0.4) is 0 Å². The number of pyridine rings is 3. The minimum Gasteiger partial charge on any atom is -0.431 e. The summed E-state index contributed by atoms with van der Waals surface area (Å²) in [7, 11) is 0. The number of anilines is 3. The molecule has 12 rings (SSSR count). The number of ether oxygens (including phenoxy) is 1. The highest BCUT2D eigenvalue weighted by Crippen LogP contribution is 2.66. The molecule has 0 spiro atoms. The second kappa shape index (κ2) is 26.1. The monoisotopic (exact) mass is 1290 g/mol. The van der Waals surface area contributed by atoms with E-state index in [0.717, 1.165) is 67.7 Å². The first-order valence-corrected chi connectivity index (χ1v) is 30.1.